The molecule has 0 radical (unpaired) electrons. The van der Waals surface area contributed by atoms with Crippen LogP contribution in [0.3, 0.4) is 0 Å². The van der Waals surface area contributed by atoms with Gasteiger partial charge in [0.1, 0.15) is 5.75 Å². The van der Waals surface area contributed by atoms with Crippen LogP contribution < -0.4 is 10.2 Å². The highest BCUT2D eigenvalue weighted by Gasteiger charge is 2.17. The normalized spacial score (nSPS) is 12.0. The van der Waals surface area contributed by atoms with Crippen LogP contribution in [0.15, 0.2) is 59.4 Å². The first-order valence-corrected chi connectivity index (χ1v) is 11.5. The van der Waals surface area contributed by atoms with E-state index in [1.54, 1.807) is 0 Å². The zero-order valence-electron chi connectivity index (χ0n) is 14.6. The topological polar surface area (TPSA) is 42.1 Å². The molecule has 3 rings (SSSR count). The van der Waals surface area contributed by atoms with E-state index in [0.29, 0.717) is 6.61 Å². The maximum atomic E-state index is 12.3. The first kappa shape index (κ1) is 20.9. The third kappa shape index (κ3) is 5.14. The van der Waals surface area contributed by atoms with Gasteiger partial charge in [0.05, 0.1) is 18.6 Å². The Hall–Kier alpha value is -0.870. The summed E-state index contributed by atoms with van der Waals surface area (Å²) >= 11 is 7.89. The van der Waals surface area contributed by atoms with E-state index >= 15 is 0 Å². The van der Waals surface area contributed by atoms with Gasteiger partial charge in [0.2, 0.25) is 5.43 Å². The van der Waals surface area contributed by atoms with Crippen molar-refractivity contribution in [3.05, 3.63) is 83.3 Å². The summed E-state index contributed by atoms with van der Waals surface area (Å²) in [5.41, 5.74) is 4.27. The molecule has 1 heterocycles. The fourth-order valence-electron chi connectivity index (χ4n) is 2.72. The number of aromatic nitrogens is 1. The van der Waals surface area contributed by atoms with Gasteiger partial charge in [0.25, 0.3) is 0 Å². The first-order chi connectivity index (χ1) is 13.0. The highest BCUT2D eigenvalue weighted by Crippen LogP contribution is 2.29. The highest BCUT2D eigenvalue weighted by molar-refractivity contribution is 14.1. The van der Waals surface area contributed by atoms with Crippen molar-refractivity contribution in [1.29, 1.82) is 0 Å². The Morgan fingerprint density at radius 3 is 2.30 bits per heavy atom. The molecule has 0 amide bonds. The van der Waals surface area contributed by atoms with Gasteiger partial charge >= 0.3 is 0 Å². The second kappa shape index (κ2) is 9.56. The third-order valence-electron chi connectivity index (χ3n) is 4.20. The molecule has 1 aromatic heterocycles. The average molecular weight is 650 g/mol. The quantitative estimate of drug-likeness (QED) is 0.246. The molecule has 0 fully saturated rings. The number of hydrogen-bond donors (Lipinski definition) is 1. The van der Waals surface area contributed by atoms with Crippen LogP contribution in [0.4, 0.5) is 0 Å². The second-order valence-electron chi connectivity index (χ2n) is 6.12. The van der Waals surface area contributed by atoms with Crippen LogP contribution in [0.1, 0.15) is 22.6 Å². The zero-order chi connectivity index (χ0) is 19.4. The highest BCUT2D eigenvalue weighted by atomic mass is 127. The van der Waals surface area contributed by atoms with Gasteiger partial charge in [0, 0.05) is 11.4 Å². The smallest absolute Gasteiger partial charge is 0.208 e. The summed E-state index contributed by atoms with van der Waals surface area (Å²) in [6.07, 6.45) is 0.756. The molecule has 0 aliphatic carbocycles. The van der Waals surface area contributed by atoms with Gasteiger partial charge in [-0.15, -0.1) is 0 Å². The lowest BCUT2D eigenvalue weighted by molar-refractivity contribution is 0.310. The summed E-state index contributed by atoms with van der Waals surface area (Å²) in [7, 11) is 0. The SMILES string of the molecule is Cc1[nH]c(C(Br)CCOc2ccc(-c3ccccc3)cc2)c(I)c(=O)c1I. The number of ether oxygens (including phenoxy) is 1. The summed E-state index contributed by atoms with van der Waals surface area (Å²) in [6, 6.07) is 18.4. The van der Waals surface area contributed by atoms with E-state index in [0.717, 1.165) is 30.7 Å². The molecule has 1 unspecified atom stereocenters. The van der Waals surface area contributed by atoms with E-state index in [9.17, 15) is 4.79 Å². The number of nitrogens with one attached hydrogen (secondary N) is 1. The number of halogens is 3. The predicted octanol–water partition coefficient (Wildman–Crippen LogP) is 6.46. The van der Waals surface area contributed by atoms with Crippen molar-refractivity contribution in [3.63, 3.8) is 0 Å². The van der Waals surface area contributed by atoms with Crippen molar-refractivity contribution in [3.8, 4) is 16.9 Å². The molecule has 140 valence electrons. The van der Waals surface area contributed by atoms with Crippen LogP contribution in [-0.4, -0.2) is 11.6 Å². The van der Waals surface area contributed by atoms with Crippen LogP contribution in [-0.2, 0) is 0 Å². The molecule has 0 aliphatic heterocycles. The van der Waals surface area contributed by atoms with Gasteiger partial charge in [-0.1, -0.05) is 58.4 Å². The zero-order valence-corrected chi connectivity index (χ0v) is 20.5. The first-order valence-electron chi connectivity index (χ1n) is 8.47. The van der Waals surface area contributed by atoms with Crippen LogP contribution >= 0.6 is 61.1 Å². The average Bonchev–Trinajstić information content (AvgIpc) is 2.70. The van der Waals surface area contributed by atoms with Crippen molar-refractivity contribution in [2.75, 3.05) is 6.61 Å². The summed E-state index contributed by atoms with van der Waals surface area (Å²) in [4.78, 5) is 15.7. The van der Waals surface area contributed by atoms with E-state index in [4.69, 9.17) is 4.74 Å². The number of alkyl halides is 1. The number of hydrogen-bond acceptors (Lipinski definition) is 2. The standard InChI is InChI=1S/C21H18BrI2NO2/c1-13-18(23)21(26)19(24)20(25-13)17(22)11-12-27-16-9-7-15(8-10-16)14-5-3-2-4-6-14/h2-10,17H,11-12H2,1H3,(H,25,26). The Labute approximate surface area is 194 Å². The van der Waals surface area contributed by atoms with Crippen LogP contribution in [0.2, 0.25) is 0 Å². The van der Waals surface area contributed by atoms with E-state index in [1.165, 1.54) is 11.1 Å². The Balaban J connectivity index is 1.61. The largest absolute Gasteiger partial charge is 0.494 e. The number of aromatic amines is 1. The molecule has 1 atom stereocenters. The minimum absolute atomic E-state index is 0.0383. The predicted molar refractivity (Wildman–Crippen MR) is 131 cm³/mol. The van der Waals surface area contributed by atoms with Gasteiger partial charge in [-0.05, 0) is 81.8 Å². The lowest BCUT2D eigenvalue weighted by Gasteiger charge is -2.15. The van der Waals surface area contributed by atoms with Crippen LogP contribution in [0.25, 0.3) is 11.1 Å². The molecule has 27 heavy (non-hydrogen) atoms. The monoisotopic (exact) mass is 649 g/mol. The summed E-state index contributed by atoms with van der Waals surface area (Å²) in [6.45, 7) is 2.48. The molecule has 1 N–H and O–H groups in total. The minimum Gasteiger partial charge on any atom is -0.494 e. The molecule has 0 spiro atoms. The fourth-order valence-corrected chi connectivity index (χ4v) is 5.37. The number of rotatable bonds is 6. The van der Waals surface area contributed by atoms with Gasteiger partial charge in [-0.3, -0.25) is 4.79 Å². The van der Waals surface area contributed by atoms with Crippen molar-refractivity contribution >= 4 is 61.1 Å². The molecule has 0 saturated carbocycles. The summed E-state index contributed by atoms with van der Waals surface area (Å²) < 4.78 is 7.37. The third-order valence-corrected chi connectivity index (χ3v) is 7.49. The molecule has 0 saturated heterocycles. The number of pyridine rings is 1. The molecule has 3 nitrogen and oxygen atoms in total. The van der Waals surface area contributed by atoms with Crippen LogP contribution in [0.5, 0.6) is 5.75 Å². The van der Waals surface area contributed by atoms with Gasteiger partial charge in [-0.2, -0.15) is 0 Å². The molecule has 2 aromatic carbocycles. The Morgan fingerprint density at radius 2 is 1.63 bits per heavy atom. The fraction of sp³-hybridized carbons (Fsp3) is 0.190. The molecule has 3 aromatic rings. The maximum absolute atomic E-state index is 12.3. The van der Waals surface area contributed by atoms with E-state index in [-0.39, 0.29) is 10.3 Å². The van der Waals surface area contributed by atoms with Crippen molar-refractivity contribution < 1.29 is 4.74 Å². The van der Waals surface area contributed by atoms with Gasteiger partial charge < -0.3 is 9.72 Å². The van der Waals surface area contributed by atoms with Crippen molar-refractivity contribution in [2.45, 2.75) is 18.2 Å². The van der Waals surface area contributed by atoms with Gasteiger partial charge in [-0.25, -0.2) is 0 Å². The molecule has 0 bridgehead atoms. The maximum Gasteiger partial charge on any atom is 0.208 e. The lowest BCUT2D eigenvalue weighted by Crippen LogP contribution is -2.18. The van der Waals surface area contributed by atoms with Crippen LogP contribution in [0, 0.1) is 14.1 Å². The lowest BCUT2D eigenvalue weighted by atomic mass is 10.1. The second-order valence-corrected chi connectivity index (χ2v) is 9.38. The number of aryl methyl sites for hydroxylation is 1. The number of H-pyrrole nitrogens is 1. The van der Waals surface area contributed by atoms with E-state index in [1.807, 2.05) is 37.3 Å². The Kier molecular flexibility index (Phi) is 7.38. The molecular weight excluding hydrogens is 632 g/mol. The molecule has 0 aliphatic rings. The number of benzene rings is 2. The van der Waals surface area contributed by atoms with Crippen molar-refractivity contribution in [1.82, 2.24) is 4.98 Å². The minimum atomic E-state index is 0.0383. The molecule has 6 heteroatoms. The Morgan fingerprint density at radius 1 is 1.00 bits per heavy atom. The van der Waals surface area contributed by atoms with Gasteiger partial charge in [0.15, 0.2) is 0 Å². The summed E-state index contributed by atoms with van der Waals surface area (Å²) in [5.74, 6) is 0.844. The molecular formula is C21H18BrI2NO2. The van der Waals surface area contributed by atoms with E-state index < -0.39 is 0 Å². The Bertz CT molecular complexity index is 972. The van der Waals surface area contributed by atoms with E-state index in [2.05, 4.69) is 90.4 Å². The summed E-state index contributed by atoms with van der Waals surface area (Å²) in [5, 5.41) is 0. The van der Waals surface area contributed by atoms with Crippen molar-refractivity contribution in [2.24, 2.45) is 0 Å².